The highest BCUT2D eigenvalue weighted by Gasteiger charge is 2.48. The molecule has 3 saturated heterocycles. The SMILES string of the molecule is COc1ccccc1C(=O)N1C2CCC1CC(N1C(=O)CCC1=O)C2. The van der Waals surface area contributed by atoms with Crippen molar-refractivity contribution in [2.75, 3.05) is 7.11 Å². The van der Waals surface area contributed by atoms with Gasteiger partial charge in [-0.1, -0.05) is 12.1 Å². The fourth-order valence-corrected chi connectivity index (χ4v) is 4.65. The van der Waals surface area contributed by atoms with Crippen molar-refractivity contribution < 1.29 is 19.1 Å². The maximum absolute atomic E-state index is 13.1. The van der Waals surface area contributed by atoms with Gasteiger partial charge in [-0.3, -0.25) is 19.3 Å². The zero-order valence-corrected chi connectivity index (χ0v) is 14.3. The van der Waals surface area contributed by atoms with Crippen LogP contribution in [-0.2, 0) is 9.59 Å². The number of rotatable bonds is 3. The van der Waals surface area contributed by atoms with Crippen LogP contribution in [0.5, 0.6) is 5.75 Å². The summed E-state index contributed by atoms with van der Waals surface area (Å²) in [6.45, 7) is 0. The normalized spacial score (nSPS) is 28.6. The lowest BCUT2D eigenvalue weighted by atomic mass is 9.95. The number of hydrogen-bond acceptors (Lipinski definition) is 4. The van der Waals surface area contributed by atoms with E-state index in [2.05, 4.69) is 0 Å². The first kappa shape index (κ1) is 16.1. The Morgan fingerprint density at radius 1 is 1.00 bits per heavy atom. The summed E-state index contributed by atoms with van der Waals surface area (Å²) in [4.78, 5) is 40.6. The number of hydrogen-bond donors (Lipinski definition) is 0. The van der Waals surface area contributed by atoms with Gasteiger partial charge in [0.05, 0.1) is 12.7 Å². The fourth-order valence-electron chi connectivity index (χ4n) is 4.65. The number of piperidine rings is 1. The second-order valence-electron chi connectivity index (χ2n) is 7.08. The van der Waals surface area contributed by atoms with Crippen LogP contribution in [0.1, 0.15) is 48.9 Å². The number of imide groups is 1. The minimum atomic E-state index is -0.0566. The molecule has 2 atom stereocenters. The van der Waals surface area contributed by atoms with E-state index in [-0.39, 0.29) is 35.8 Å². The molecule has 132 valence electrons. The van der Waals surface area contributed by atoms with Crippen molar-refractivity contribution >= 4 is 17.7 Å². The Morgan fingerprint density at radius 2 is 1.60 bits per heavy atom. The van der Waals surface area contributed by atoms with Gasteiger partial charge in [-0.2, -0.15) is 0 Å². The Kier molecular flexibility index (Phi) is 3.98. The molecule has 2 unspecified atom stereocenters. The Labute approximate surface area is 146 Å². The number of methoxy groups -OCH3 is 1. The van der Waals surface area contributed by atoms with Gasteiger partial charge in [0, 0.05) is 31.0 Å². The van der Waals surface area contributed by atoms with E-state index < -0.39 is 0 Å². The van der Waals surface area contributed by atoms with E-state index in [1.54, 1.807) is 19.2 Å². The smallest absolute Gasteiger partial charge is 0.258 e. The first-order valence-corrected chi connectivity index (χ1v) is 8.90. The lowest BCUT2D eigenvalue weighted by Gasteiger charge is -2.41. The first-order chi connectivity index (χ1) is 12.1. The number of nitrogens with zero attached hydrogens (tertiary/aromatic N) is 2. The Bertz CT molecular complexity index is 702. The number of carbonyl (C=O) groups is 3. The quantitative estimate of drug-likeness (QED) is 0.788. The summed E-state index contributed by atoms with van der Waals surface area (Å²) in [5, 5.41) is 0. The predicted molar refractivity (Wildman–Crippen MR) is 90.1 cm³/mol. The van der Waals surface area contributed by atoms with Crippen molar-refractivity contribution in [2.24, 2.45) is 0 Å². The second-order valence-corrected chi connectivity index (χ2v) is 7.08. The van der Waals surface area contributed by atoms with Crippen molar-refractivity contribution in [1.82, 2.24) is 9.80 Å². The van der Waals surface area contributed by atoms with Crippen molar-refractivity contribution in [3.05, 3.63) is 29.8 Å². The Balaban J connectivity index is 1.56. The number of fused-ring (bicyclic) bond motifs is 2. The molecule has 0 saturated carbocycles. The maximum Gasteiger partial charge on any atom is 0.258 e. The fraction of sp³-hybridized carbons (Fsp3) is 0.526. The van der Waals surface area contributed by atoms with Gasteiger partial charge in [-0.25, -0.2) is 0 Å². The highest BCUT2D eigenvalue weighted by atomic mass is 16.5. The molecule has 1 aromatic rings. The van der Waals surface area contributed by atoms with Gasteiger partial charge < -0.3 is 9.64 Å². The van der Waals surface area contributed by atoms with Gasteiger partial charge in [0.1, 0.15) is 5.75 Å². The third-order valence-corrected chi connectivity index (χ3v) is 5.74. The lowest BCUT2D eigenvalue weighted by molar-refractivity contribution is -0.142. The van der Waals surface area contributed by atoms with E-state index >= 15 is 0 Å². The Hall–Kier alpha value is -2.37. The van der Waals surface area contributed by atoms with Crippen LogP contribution in [0.3, 0.4) is 0 Å². The van der Waals surface area contributed by atoms with Crippen LogP contribution in [-0.4, -0.2) is 52.8 Å². The van der Waals surface area contributed by atoms with Crippen LogP contribution in [0.4, 0.5) is 0 Å². The monoisotopic (exact) mass is 342 g/mol. The molecular weight excluding hydrogens is 320 g/mol. The maximum atomic E-state index is 13.1. The number of likely N-dealkylation sites (tertiary alicyclic amines) is 1. The van der Waals surface area contributed by atoms with Gasteiger partial charge in [0.2, 0.25) is 11.8 Å². The highest BCUT2D eigenvalue weighted by Crippen LogP contribution is 2.40. The van der Waals surface area contributed by atoms with Gasteiger partial charge in [0.25, 0.3) is 5.91 Å². The number of ether oxygens (including phenoxy) is 1. The molecule has 0 aliphatic carbocycles. The van der Waals surface area contributed by atoms with Crippen LogP contribution >= 0.6 is 0 Å². The number of amides is 3. The minimum Gasteiger partial charge on any atom is -0.496 e. The average Bonchev–Trinajstić information content (AvgIpc) is 3.09. The molecule has 0 N–H and O–H groups in total. The summed E-state index contributed by atoms with van der Waals surface area (Å²) in [6, 6.07) is 7.39. The summed E-state index contributed by atoms with van der Waals surface area (Å²) in [7, 11) is 1.57. The van der Waals surface area contributed by atoms with Gasteiger partial charge in [-0.15, -0.1) is 0 Å². The molecule has 0 spiro atoms. The molecule has 6 nitrogen and oxygen atoms in total. The summed E-state index contributed by atoms with van der Waals surface area (Å²) >= 11 is 0. The van der Waals surface area contributed by atoms with E-state index in [0.717, 1.165) is 12.8 Å². The van der Waals surface area contributed by atoms with Crippen LogP contribution in [0.15, 0.2) is 24.3 Å². The molecule has 3 aliphatic rings. The van der Waals surface area contributed by atoms with Crippen molar-refractivity contribution in [3.8, 4) is 5.75 Å². The average molecular weight is 342 g/mol. The third kappa shape index (κ3) is 2.60. The van der Waals surface area contributed by atoms with E-state index in [4.69, 9.17) is 4.74 Å². The summed E-state index contributed by atoms with van der Waals surface area (Å²) in [5.74, 6) is 0.458. The molecule has 3 amide bonds. The van der Waals surface area contributed by atoms with E-state index in [1.165, 1.54) is 4.90 Å². The minimum absolute atomic E-state index is 0.0116. The second kappa shape index (κ2) is 6.17. The van der Waals surface area contributed by atoms with Crippen LogP contribution in [0, 0.1) is 0 Å². The predicted octanol–water partition coefficient (Wildman–Crippen LogP) is 1.98. The van der Waals surface area contributed by atoms with Crippen LogP contribution in [0.2, 0.25) is 0 Å². The third-order valence-electron chi connectivity index (χ3n) is 5.74. The Morgan fingerprint density at radius 3 is 2.20 bits per heavy atom. The summed E-state index contributed by atoms with van der Waals surface area (Å²) < 4.78 is 5.33. The molecular formula is C19H22N2O4. The van der Waals surface area contributed by atoms with Crippen molar-refractivity contribution in [2.45, 2.75) is 56.7 Å². The molecule has 4 rings (SSSR count). The molecule has 1 aromatic carbocycles. The van der Waals surface area contributed by atoms with E-state index in [0.29, 0.717) is 37.0 Å². The van der Waals surface area contributed by atoms with Gasteiger partial charge in [0.15, 0.2) is 0 Å². The van der Waals surface area contributed by atoms with E-state index in [1.807, 2.05) is 17.0 Å². The summed E-state index contributed by atoms with van der Waals surface area (Å²) in [6.07, 6.45) is 3.89. The van der Waals surface area contributed by atoms with Crippen LogP contribution in [0.25, 0.3) is 0 Å². The number of para-hydroxylation sites is 1. The molecule has 6 heteroatoms. The van der Waals surface area contributed by atoms with Crippen molar-refractivity contribution in [3.63, 3.8) is 0 Å². The van der Waals surface area contributed by atoms with Crippen LogP contribution < -0.4 is 4.74 Å². The topological polar surface area (TPSA) is 66.9 Å². The molecule has 3 fully saturated rings. The molecule has 3 aliphatic heterocycles. The largest absolute Gasteiger partial charge is 0.496 e. The van der Waals surface area contributed by atoms with Crippen molar-refractivity contribution in [1.29, 1.82) is 0 Å². The highest BCUT2D eigenvalue weighted by molar-refractivity contribution is 6.02. The standard InChI is InChI=1S/C19H22N2O4/c1-25-16-5-3-2-4-15(16)19(24)20-12-6-7-13(20)11-14(10-12)21-17(22)8-9-18(21)23/h2-5,12-14H,6-11H2,1H3. The molecule has 0 aromatic heterocycles. The zero-order valence-electron chi connectivity index (χ0n) is 14.3. The number of carbonyl (C=O) groups excluding carboxylic acids is 3. The zero-order chi connectivity index (χ0) is 17.6. The molecule has 3 heterocycles. The lowest BCUT2D eigenvalue weighted by Crippen LogP contribution is -2.53. The number of benzene rings is 1. The molecule has 25 heavy (non-hydrogen) atoms. The molecule has 0 radical (unpaired) electrons. The first-order valence-electron chi connectivity index (χ1n) is 8.90. The van der Waals surface area contributed by atoms with Gasteiger partial charge in [-0.05, 0) is 37.8 Å². The summed E-state index contributed by atoms with van der Waals surface area (Å²) in [5.41, 5.74) is 0.577. The molecule has 2 bridgehead atoms. The van der Waals surface area contributed by atoms with E-state index in [9.17, 15) is 14.4 Å². The van der Waals surface area contributed by atoms with Gasteiger partial charge >= 0.3 is 0 Å².